The Kier molecular flexibility index (Phi) is 8.15. The molecular weight excluding hydrogens is 438 g/mol. The zero-order valence-electron chi connectivity index (χ0n) is 21.7. The summed E-state index contributed by atoms with van der Waals surface area (Å²) in [6.45, 7) is 9.71. The lowest BCUT2D eigenvalue weighted by Crippen LogP contribution is -2.60. The molecule has 0 unspecified atom stereocenters. The summed E-state index contributed by atoms with van der Waals surface area (Å²) in [5.74, 6) is 0.959. The first-order valence-corrected chi connectivity index (χ1v) is 12.9. The van der Waals surface area contributed by atoms with Crippen LogP contribution in [0.25, 0.3) is 0 Å². The van der Waals surface area contributed by atoms with Crippen molar-refractivity contribution in [2.75, 3.05) is 26.7 Å². The van der Waals surface area contributed by atoms with Crippen LogP contribution in [0.3, 0.4) is 0 Å². The fourth-order valence-corrected chi connectivity index (χ4v) is 5.36. The second-order valence-corrected chi connectivity index (χ2v) is 11.1. The molecule has 35 heavy (non-hydrogen) atoms. The molecule has 0 spiro atoms. The molecule has 1 heterocycles. The normalized spacial score (nSPS) is 23.8. The second-order valence-electron chi connectivity index (χ2n) is 11.1. The number of ether oxygens (including phenoxy) is 1. The van der Waals surface area contributed by atoms with Gasteiger partial charge in [0.2, 0.25) is 5.91 Å². The molecule has 2 aromatic rings. The first kappa shape index (κ1) is 25.7. The number of hydrogen-bond donors (Lipinski definition) is 2. The van der Waals surface area contributed by atoms with E-state index < -0.39 is 6.10 Å². The molecule has 1 amide bonds. The van der Waals surface area contributed by atoms with Gasteiger partial charge in [0.1, 0.15) is 12.4 Å². The van der Waals surface area contributed by atoms with Crippen molar-refractivity contribution in [3.8, 4) is 5.75 Å². The summed E-state index contributed by atoms with van der Waals surface area (Å²) >= 11 is 0. The Hall–Kier alpha value is -2.41. The van der Waals surface area contributed by atoms with E-state index in [2.05, 4.69) is 73.3 Å². The molecule has 1 saturated heterocycles. The molecule has 2 fully saturated rings. The van der Waals surface area contributed by atoms with E-state index in [9.17, 15) is 9.90 Å². The third-order valence-electron chi connectivity index (χ3n) is 7.48. The van der Waals surface area contributed by atoms with Crippen LogP contribution in [0.1, 0.15) is 56.7 Å². The molecule has 0 radical (unpaired) electrons. The number of amides is 1. The number of aliphatic hydroxyl groups excluding tert-OH is 1. The van der Waals surface area contributed by atoms with Gasteiger partial charge in [-0.05, 0) is 42.5 Å². The maximum absolute atomic E-state index is 11.9. The number of hydrogen-bond acceptors (Lipinski definition) is 5. The lowest BCUT2D eigenvalue weighted by atomic mass is 9.85. The third kappa shape index (κ3) is 6.43. The van der Waals surface area contributed by atoms with E-state index in [0.717, 1.165) is 42.7 Å². The van der Waals surface area contributed by atoms with Crippen LogP contribution < -0.4 is 10.1 Å². The molecule has 1 aliphatic carbocycles. The Labute approximate surface area is 210 Å². The van der Waals surface area contributed by atoms with Gasteiger partial charge in [0.05, 0.1) is 12.6 Å². The molecule has 4 rings (SSSR count). The fraction of sp³-hybridized carbons (Fsp3) is 0.552. The summed E-state index contributed by atoms with van der Waals surface area (Å²) in [5.41, 5.74) is 3.54. The van der Waals surface area contributed by atoms with E-state index in [0.29, 0.717) is 26.2 Å². The average molecular weight is 480 g/mol. The highest BCUT2D eigenvalue weighted by molar-refractivity contribution is 5.78. The van der Waals surface area contributed by atoms with Gasteiger partial charge in [0.25, 0.3) is 0 Å². The summed E-state index contributed by atoms with van der Waals surface area (Å²) in [6, 6.07) is 16.9. The zero-order valence-corrected chi connectivity index (χ0v) is 21.7. The fourth-order valence-electron chi connectivity index (χ4n) is 5.36. The SMILES string of the molecule is CN(Cc1ccc(C(C)(C)C)cc1OCc1ccccc1)[C@@H]1CCC[C@@H](N2CCNC(=O)C2)[C@@H]1O. The van der Waals surface area contributed by atoms with Gasteiger partial charge in [-0.2, -0.15) is 0 Å². The monoisotopic (exact) mass is 479 g/mol. The third-order valence-corrected chi connectivity index (χ3v) is 7.48. The van der Waals surface area contributed by atoms with Crippen molar-refractivity contribution in [3.63, 3.8) is 0 Å². The number of carbonyl (C=O) groups excluding carboxylic acids is 1. The summed E-state index contributed by atoms with van der Waals surface area (Å²) in [6.07, 6.45) is 2.45. The van der Waals surface area contributed by atoms with Crippen molar-refractivity contribution in [3.05, 3.63) is 65.2 Å². The van der Waals surface area contributed by atoms with E-state index in [1.54, 1.807) is 0 Å². The molecule has 3 atom stereocenters. The van der Waals surface area contributed by atoms with Crippen LogP contribution in [0.2, 0.25) is 0 Å². The predicted octanol–water partition coefficient (Wildman–Crippen LogP) is 3.71. The predicted molar refractivity (Wildman–Crippen MR) is 139 cm³/mol. The minimum atomic E-state index is -0.484. The summed E-state index contributed by atoms with van der Waals surface area (Å²) in [5, 5.41) is 14.2. The Bertz CT molecular complexity index is 988. The number of likely N-dealkylation sites (N-methyl/N-ethyl adjacent to an activating group) is 1. The minimum Gasteiger partial charge on any atom is -0.489 e. The van der Waals surface area contributed by atoms with E-state index in [1.165, 1.54) is 5.56 Å². The Morgan fingerprint density at radius 3 is 2.63 bits per heavy atom. The summed E-state index contributed by atoms with van der Waals surface area (Å²) in [4.78, 5) is 16.3. The average Bonchev–Trinajstić information content (AvgIpc) is 2.83. The van der Waals surface area contributed by atoms with Gasteiger partial charge in [0.15, 0.2) is 0 Å². The maximum Gasteiger partial charge on any atom is 0.234 e. The van der Waals surface area contributed by atoms with E-state index in [1.807, 2.05) is 18.2 Å². The summed E-state index contributed by atoms with van der Waals surface area (Å²) in [7, 11) is 2.10. The van der Waals surface area contributed by atoms with Crippen molar-refractivity contribution in [2.45, 2.75) is 76.8 Å². The largest absolute Gasteiger partial charge is 0.489 e. The van der Waals surface area contributed by atoms with Gasteiger partial charge in [-0.3, -0.25) is 14.6 Å². The number of benzene rings is 2. The van der Waals surface area contributed by atoms with Crippen molar-refractivity contribution >= 4 is 5.91 Å². The number of piperazine rings is 1. The highest BCUT2D eigenvalue weighted by atomic mass is 16.5. The topological polar surface area (TPSA) is 65.0 Å². The lowest BCUT2D eigenvalue weighted by molar-refractivity contribution is -0.127. The highest BCUT2D eigenvalue weighted by Crippen LogP contribution is 2.32. The molecule has 6 nitrogen and oxygen atoms in total. The minimum absolute atomic E-state index is 0.0271. The van der Waals surface area contributed by atoms with Gasteiger partial charge in [-0.1, -0.05) is 69.7 Å². The molecular formula is C29H41N3O3. The number of carbonyl (C=O) groups is 1. The zero-order chi connectivity index (χ0) is 25.0. The number of rotatable bonds is 7. The van der Waals surface area contributed by atoms with Crippen LogP contribution in [-0.2, 0) is 23.4 Å². The van der Waals surface area contributed by atoms with Gasteiger partial charge in [-0.15, -0.1) is 0 Å². The molecule has 1 saturated carbocycles. The molecule has 190 valence electrons. The van der Waals surface area contributed by atoms with Gasteiger partial charge >= 0.3 is 0 Å². The number of nitrogens with zero attached hydrogens (tertiary/aromatic N) is 2. The van der Waals surface area contributed by atoms with Crippen molar-refractivity contribution in [1.29, 1.82) is 0 Å². The van der Waals surface area contributed by atoms with Crippen LogP contribution in [0.4, 0.5) is 0 Å². The lowest BCUT2D eigenvalue weighted by Gasteiger charge is -2.45. The molecule has 1 aliphatic heterocycles. The van der Waals surface area contributed by atoms with E-state index in [-0.39, 0.29) is 23.4 Å². The first-order valence-electron chi connectivity index (χ1n) is 12.9. The standard InChI is InChI=1S/C29H41N3O3/c1-29(2,3)23-14-13-22(26(17-23)35-20-21-9-6-5-7-10-21)18-31(4)24-11-8-12-25(28(24)34)32-16-15-30-27(33)19-32/h5-7,9-10,13-14,17,24-25,28,34H,8,11-12,15-16,18-20H2,1-4H3,(H,30,33)/t24-,25-,28-/m1/s1. The van der Waals surface area contributed by atoms with Crippen molar-refractivity contribution < 1.29 is 14.6 Å². The Morgan fingerprint density at radius 1 is 1.14 bits per heavy atom. The van der Waals surface area contributed by atoms with Crippen molar-refractivity contribution in [2.24, 2.45) is 0 Å². The molecule has 0 bridgehead atoms. The smallest absolute Gasteiger partial charge is 0.234 e. The van der Waals surface area contributed by atoms with Crippen LogP contribution in [0.5, 0.6) is 5.75 Å². The Balaban J connectivity index is 1.50. The number of nitrogens with one attached hydrogen (secondary N) is 1. The molecule has 2 N–H and O–H groups in total. The van der Waals surface area contributed by atoms with Crippen LogP contribution in [0.15, 0.2) is 48.5 Å². The van der Waals surface area contributed by atoms with Gasteiger partial charge in [0, 0.05) is 37.3 Å². The molecule has 2 aliphatic rings. The molecule has 0 aromatic heterocycles. The number of aliphatic hydroxyl groups is 1. The highest BCUT2D eigenvalue weighted by Gasteiger charge is 2.38. The van der Waals surface area contributed by atoms with Gasteiger partial charge in [-0.25, -0.2) is 0 Å². The molecule has 6 heteroatoms. The van der Waals surface area contributed by atoms with Crippen molar-refractivity contribution in [1.82, 2.24) is 15.1 Å². The van der Waals surface area contributed by atoms with E-state index >= 15 is 0 Å². The Morgan fingerprint density at radius 2 is 1.91 bits per heavy atom. The quantitative estimate of drug-likeness (QED) is 0.634. The molecule has 2 aromatic carbocycles. The van der Waals surface area contributed by atoms with Gasteiger partial charge < -0.3 is 15.2 Å². The second kappa shape index (κ2) is 11.1. The van der Waals surface area contributed by atoms with Crippen LogP contribution >= 0.6 is 0 Å². The van der Waals surface area contributed by atoms with E-state index in [4.69, 9.17) is 4.74 Å². The summed E-state index contributed by atoms with van der Waals surface area (Å²) < 4.78 is 6.36. The van der Waals surface area contributed by atoms with Crippen LogP contribution in [0, 0.1) is 0 Å². The first-order chi connectivity index (χ1) is 16.7. The van der Waals surface area contributed by atoms with Crippen LogP contribution in [-0.4, -0.2) is 65.7 Å². The maximum atomic E-state index is 11.9.